The van der Waals surface area contributed by atoms with Gasteiger partial charge in [0.25, 0.3) is 0 Å². The van der Waals surface area contributed by atoms with Gasteiger partial charge in [-0.1, -0.05) is 41.4 Å². The van der Waals surface area contributed by atoms with Gasteiger partial charge < -0.3 is 10.0 Å². The Morgan fingerprint density at radius 1 is 1.06 bits per heavy atom. The highest BCUT2D eigenvalue weighted by Crippen LogP contribution is 2.49. The van der Waals surface area contributed by atoms with E-state index >= 15 is 0 Å². The average molecular weight is 469 g/mol. The summed E-state index contributed by atoms with van der Waals surface area (Å²) >= 11 is 12.0. The topological polar surface area (TPSA) is 52.6 Å². The molecule has 1 saturated heterocycles. The summed E-state index contributed by atoms with van der Waals surface area (Å²) in [6.07, 6.45) is -5.82. The Balaban J connectivity index is 1.72. The first-order valence-electron chi connectivity index (χ1n) is 9.40. The monoisotopic (exact) mass is 468 g/mol. The molecular weight excluding hydrogens is 452 g/mol. The second-order valence-corrected chi connectivity index (χ2v) is 8.42. The SMILES string of the molecule is O=C(O)Nc1cccc2cc(N3CCC(c4cc(Cl)cc(Cl)c4)(C(F)(F)F)C3)ccc12. The third-order valence-electron chi connectivity index (χ3n) is 5.70. The van der Waals surface area contributed by atoms with E-state index < -0.39 is 17.7 Å². The van der Waals surface area contributed by atoms with Crippen molar-refractivity contribution in [1.29, 1.82) is 0 Å². The van der Waals surface area contributed by atoms with E-state index in [0.717, 1.165) is 5.39 Å². The van der Waals surface area contributed by atoms with Crippen molar-refractivity contribution in [2.45, 2.75) is 18.0 Å². The van der Waals surface area contributed by atoms with Crippen molar-refractivity contribution in [1.82, 2.24) is 0 Å². The number of hydrogen-bond acceptors (Lipinski definition) is 2. The average Bonchev–Trinajstić information content (AvgIpc) is 3.13. The molecule has 1 amide bonds. The highest BCUT2D eigenvalue weighted by Gasteiger charge is 2.59. The second kappa shape index (κ2) is 7.80. The van der Waals surface area contributed by atoms with E-state index in [4.69, 9.17) is 28.3 Å². The number of carbonyl (C=O) groups is 1. The molecule has 31 heavy (non-hydrogen) atoms. The summed E-state index contributed by atoms with van der Waals surface area (Å²) < 4.78 is 42.9. The molecule has 4 rings (SSSR count). The van der Waals surface area contributed by atoms with Crippen LogP contribution >= 0.6 is 23.2 Å². The van der Waals surface area contributed by atoms with Gasteiger partial charge in [0.05, 0.1) is 5.69 Å². The van der Waals surface area contributed by atoms with Crippen LogP contribution in [0.25, 0.3) is 10.8 Å². The number of halogens is 5. The zero-order valence-electron chi connectivity index (χ0n) is 16.0. The summed E-state index contributed by atoms with van der Waals surface area (Å²) in [6.45, 7) is -0.0754. The van der Waals surface area contributed by atoms with Crippen molar-refractivity contribution in [2.75, 3.05) is 23.3 Å². The van der Waals surface area contributed by atoms with E-state index in [0.29, 0.717) is 16.8 Å². The van der Waals surface area contributed by atoms with Crippen LogP contribution in [-0.4, -0.2) is 30.5 Å². The number of hydrogen-bond donors (Lipinski definition) is 2. The molecule has 162 valence electrons. The Bertz CT molecular complexity index is 1150. The smallest absolute Gasteiger partial charge is 0.409 e. The molecule has 3 aromatic rings. The van der Waals surface area contributed by atoms with Crippen LogP contribution in [0.15, 0.2) is 54.6 Å². The molecule has 1 aliphatic heterocycles. The quantitative estimate of drug-likeness (QED) is 0.437. The summed E-state index contributed by atoms with van der Waals surface area (Å²) in [5.74, 6) is 0. The number of carboxylic acid groups (broad SMARTS) is 1. The van der Waals surface area contributed by atoms with Crippen molar-refractivity contribution in [3.63, 3.8) is 0 Å². The van der Waals surface area contributed by atoms with Gasteiger partial charge in [0.2, 0.25) is 0 Å². The first-order chi connectivity index (χ1) is 14.6. The highest BCUT2D eigenvalue weighted by atomic mass is 35.5. The molecule has 1 fully saturated rings. The zero-order chi connectivity index (χ0) is 22.4. The third-order valence-corrected chi connectivity index (χ3v) is 6.13. The fourth-order valence-electron chi connectivity index (χ4n) is 4.18. The van der Waals surface area contributed by atoms with E-state index in [1.165, 1.54) is 18.2 Å². The van der Waals surface area contributed by atoms with Crippen molar-refractivity contribution in [3.05, 3.63) is 70.2 Å². The summed E-state index contributed by atoms with van der Waals surface area (Å²) in [7, 11) is 0. The summed E-state index contributed by atoms with van der Waals surface area (Å²) in [6, 6.07) is 14.3. The molecule has 1 heterocycles. The predicted molar refractivity (Wildman–Crippen MR) is 117 cm³/mol. The van der Waals surface area contributed by atoms with Crippen molar-refractivity contribution in [2.24, 2.45) is 0 Å². The van der Waals surface area contributed by atoms with Gasteiger partial charge in [-0.05, 0) is 53.8 Å². The van der Waals surface area contributed by atoms with Crippen LogP contribution in [0, 0.1) is 0 Å². The number of nitrogens with zero attached hydrogens (tertiary/aromatic N) is 1. The van der Waals surface area contributed by atoms with Gasteiger partial charge in [-0.3, -0.25) is 5.32 Å². The second-order valence-electron chi connectivity index (χ2n) is 7.55. The van der Waals surface area contributed by atoms with E-state index in [2.05, 4.69) is 5.32 Å². The maximum atomic E-state index is 14.3. The maximum absolute atomic E-state index is 14.3. The fraction of sp³-hybridized carbons (Fsp3) is 0.227. The standard InChI is InChI=1S/C22H17Cl2F3N2O2/c23-15-9-14(10-16(24)11-15)21(22(25,26)27)6-7-29(12-21)17-4-5-18-13(8-17)2-1-3-19(18)28-20(30)31/h1-5,8-11,28H,6-7,12H2,(H,30,31). The first-order valence-corrected chi connectivity index (χ1v) is 10.2. The molecule has 3 aromatic carbocycles. The Morgan fingerprint density at radius 2 is 1.77 bits per heavy atom. The number of alkyl halides is 3. The molecule has 0 aliphatic carbocycles. The molecule has 9 heteroatoms. The molecule has 0 aromatic heterocycles. The molecule has 4 nitrogen and oxygen atoms in total. The van der Waals surface area contributed by atoms with Crippen LogP contribution in [0.2, 0.25) is 10.0 Å². The van der Waals surface area contributed by atoms with E-state index in [1.807, 2.05) is 0 Å². The minimum absolute atomic E-state index is 0.0498. The minimum atomic E-state index is -4.49. The van der Waals surface area contributed by atoms with Crippen LogP contribution in [0.1, 0.15) is 12.0 Å². The summed E-state index contributed by atoms with van der Waals surface area (Å²) in [5.41, 5.74) is -1.01. The van der Waals surface area contributed by atoms with Crippen molar-refractivity contribution < 1.29 is 23.1 Å². The van der Waals surface area contributed by atoms with Crippen LogP contribution in [-0.2, 0) is 5.41 Å². The van der Waals surface area contributed by atoms with Crippen LogP contribution in [0.4, 0.5) is 29.3 Å². The minimum Gasteiger partial charge on any atom is -0.465 e. The van der Waals surface area contributed by atoms with E-state index in [-0.39, 0.29) is 35.1 Å². The van der Waals surface area contributed by atoms with Crippen LogP contribution in [0.5, 0.6) is 0 Å². The number of amides is 1. The van der Waals surface area contributed by atoms with Gasteiger partial charge in [-0.15, -0.1) is 0 Å². The van der Waals surface area contributed by atoms with E-state index in [9.17, 15) is 18.0 Å². The molecule has 0 bridgehead atoms. The lowest BCUT2D eigenvalue weighted by Gasteiger charge is -2.33. The van der Waals surface area contributed by atoms with Gasteiger partial charge in [0.15, 0.2) is 0 Å². The largest absolute Gasteiger partial charge is 0.465 e. The maximum Gasteiger partial charge on any atom is 0.409 e. The van der Waals surface area contributed by atoms with Gasteiger partial charge in [-0.2, -0.15) is 13.2 Å². The Morgan fingerprint density at radius 3 is 2.42 bits per heavy atom. The van der Waals surface area contributed by atoms with Gasteiger partial charge in [-0.25, -0.2) is 4.79 Å². The van der Waals surface area contributed by atoms with Crippen LogP contribution < -0.4 is 10.2 Å². The number of nitrogens with one attached hydrogen (secondary N) is 1. The Kier molecular flexibility index (Phi) is 5.43. The fourth-order valence-corrected chi connectivity index (χ4v) is 4.71. The van der Waals surface area contributed by atoms with Gasteiger partial charge >= 0.3 is 12.3 Å². The molecule has 1 unspecified atom stereocenters. The molecule has 0 saturated carbocycles. The number of benzene rings is 3. The number of rotatable bonds is 3. The third kappa shape index (κ3) is 4.00. The van der Waals surface area contributed by atoms with Crippen LogP contribution in [0.3, 0.4) is 0 Å². The van der Waals surface area contributed by atoms with Crippen molar-refractivity contribution >= 4 is 51.4 Å². The number of anilines is 2. The lowest BCUT2D eigenvalue weighted by atomic mass is 9.79. The summed E-state index contributed by atoms with van der Waals surface area (Å²) in [5, 5.41) is 13.0. The summed E-state index contributed by atoms with van der Waals surface area (Å²) in [4.78, 5) is 12.7. The molecular formula is C22H17Cl2F3N2O2. The predicted octanol–water partition coefficient (Wildman–Crippen LogP) is 6.95. The Labute approximate surface area is 186 Å². The highest BCUT2D eigenvalue weighted by molar-refractivity contribution is 6.34. The van der Waals surface area contributed by atoms with E-state index in [1.54, 1.807) is 41.3 Å². The first kappa shape index (κ1) is 21.6. The lowest BCUT2D eigenvalue weighted by molar-refractivity contribution is -0.184. The van der Waals surface area contributed by atoms with Crippen molar-refractivity contribution in [3.8, 4) is 0 Å². The molecule has 1 aliphatic rings. The zero-order valence-corrected chi connectivity index (χ0v) is 17.5. The Hall–Kier alpha value is -2.64. The molecule has 2 N–H and O–H groups in total. The molecule has 1 atom stereocenters. The van der Waals surface area contributed by atoms with Gasteiger partial charge in [0.1, 0.15) is 5.41 Å². The molecule has 0 spiro atoms. The molecule has 0 radical (unpaired) electrons. The normalized spacial score (nSPS) is 19.1. The van der Waals surface area contributed by atoms with Gasteiger partial charge in [0, 0.05) is 34.2 Å². The number of fused-ring (bicyclic) bond motifs is 1. The lowest BCUT2D eigenvalue weighted by Crippen LogP contribution is -2.44.